The topological polar surface area (TPSA) is 72.8 Å². The maximum Gasteiger partial charge on any atom is 0.199 e. The molecule has 0 aromatic heterocycles. The average Bonchev–Trinajstić information content (AvgIpc) is 2.79. The number of carbonyl (C=O) groups excluding carboxylic acids is 1. The van der Waals surface area contributed by atoms with Gasteiger partial charge in [-0.1, -0.05) is 28.4 Å². The summed E-state index contributed by atoms with van der Waals surface area (Å²) in [7, 11) is -3.55. The molecule has 0 N–H and O–H groups in total. The highest BCUT2D eigenvalue weighted by Crippen LogP contribution is 2.29. The van der Waals surface area contributed by atoms with Crippen molar-refractivity contribution < 1.29 is 18.0 Å². The van der Waals surface area contributed by atoms with Crippen LogP contribution in [-0.2, 0) is 25.2 Å². The normalized spacial score (nSPS) is 16.3. The van der Waals surface area contributed by atoms with Gasteiger partial charge in [0.25, 0.3) is 0 Å². The van der Waals surface area contributed by atoms with Crippen LogP contribution < -0.4 is 0 Å². The molecule has 1 aromatic carbocycles. The molecule has 0 aliphatic carbocycles. The van der Waals surface area contributed by atoms with Crippen molar-refractivity contribution >= 4 is 44.9 Å². The molecule has 1 aromatic rings. The van der Waals surface area contributed by atoms with Crippen molar-refractivity contribution in [2.24, 2.45) is 5.16 Å². The number of aryl methyl sites for hydroxylation is 1. The number of oxime groups is 1. The second-order valence-electron chi connectivity index (χ2n) is 5.46. The van der Waals surface area contributed by atoms with Crippen LogP contribution in [0.3, 0.4) is 0 Å². The van der Waals surface area contributed by atoms with Gasteiger partial charge in [0.05, 0.1) is 5.75 Å². The smallest absolute Gasteiger partial charge is 0.199 e. The van der Waals surface area contributed by atoms with Crippen molar-refractivity contribution in [3.63, 3.8) is 0 Å². The summed E-state index contributed by atoms with van der Waals surface area (Å²) >= 11 is 12.1. The standard InChI is InChI=1S/C13H15Cl2NO3S.CH2O/c1-8-4-11(15)9(5-10(8)14)7-20(17,18)12-6-13(2,3)19-16-12;1-2/h4-5H,6-7H2,1-3H3;1H2. The molecular formula is C14H17Cl2NO4S. The van der Waals surface area contributed by atoms with E-state index in [0.29, 0.717) is 15.6 Å². The van der Waals surface area contributed by atoms with E-state index >= 15 is 0 Å². The largest absolute Gasteiger partial charge is 0.389 e. The first kappa shape index (κ1) is 18.9. The Morgan fingerprint density at radius 3 is 2.36 bits per heavy atom. The minimum absolute atomic E-state index is 0.0512. The number of sulfone groups is 1. The van der Waals surface area contributed by atoms with E-state index in [9.17, 15) is 8.42 Å². The molecule has 0 unspecified atom stereocenters. The fourth-order valence-corrected chi connectivity index (χ4v) is 3.94. The van der Waals surface area contributed by atoms with Gasteiger partial charge in [0.2, 0.25) is 0 Å². The van der Waals surface area contributed by atoms with Gasteiger partial charge in [-0.3, -0.25) is 0 Å². The number of hydrogen-bond donors (Lipinski definition) is 0. The van der Waals surface area contributed by atoms with Gasteiger partial charge in [-0.15, -0.1) is 0 Å². The molecule has 8 heteroatoms. The van der Waals surface area contributed by atoms with Crippen molar-refractivity contribution in [2.45, 2.75) is 38.5 Å². The van der Waals surface area contributed by atoms with Crippen LogP contribution >= 0.6 is 23.2 Å². The quantitative estimate of drug-likeness (QED) is 0.803. The molecule has 5 nitrogen and oxygen atoms in total. The summed E-state index contributed by atoms with van der Waals surface area (Å²) in [5.74, 6) is -0.232. The Labute approximate surface area is 140 Å². The summed E-state index contributed by atoms with van der Waals surface area (Å²) in [4.78, 5) is 13.1. The predicted octanol–water partition coefficient (Wildman–Crippen LogP) is 3.54. The zero-order valence-corrected chi connectivity index (χ0v) is 14.8. The molecule has 0 saturated carbocycles. The second kappa shape index (κ2) is 6.98. The van der Waals surface area contributed by atoms with E-state index < -0.39 is 15.4 Å². The summed E-state index contributed by atoms with van der Waals surface area (Å²) in [5, 5.41) is 4.60. The lowest BCUT2D eigenvalue weighted by atomic mass is 10.1. The zero-order chi connectivity index (χ0) is 17.1. The molecule has 0 atom stereocenters. The summed E-state index contributed by atoms with van der Waals surface area (Å²) in [6.07, 6.45) is 0.256. The molecule has 1 aliphatic rings. The third-order valence-corrected chi connectivity index (χ3v) is 5.39. The van der Waals surface area contributed by atoms with Crippen LogP contribution in [0.2, 0.25) is 10.0 Å². The van der Waals surface area contributed by atoms with Crippen molar-refractivity contribution in [3.8, 4) is 0 Å². The average molecular weight is 366 g/mol. The maximum atomic E-state index is 12.3. The summed E-state index contributed by atoms with van der Waals surface area (Å²) < 4.78 is 24.7. The van der Waals surface area contributed by atoms with Gasteiger partial charge in [0.15, 0.2) is 14.9 Å². The Bertz CT molecular complexity index is 699. The molecule has 0 bridgehead atoms. The van der Waals surface area contributed by atoms with Crippen molar-refractivity contribution in [3.05, 3.63) is 33.3 Å². The first-order valence-electron chi connectivity index (χ1n) is 6.32. The molecule has 0 radical (unpaired) electrons. The van der Waals surface area contributed by atoms with Gasteiger partial charge in [0.1, 0.15) is 12.4 Å². The first-order valence-corrected chi connectivity index (χ1v) is 8.73. The fourth-order valence-electron chi connectivity index (χ4n) is 1.86. The van der Waals surface area contributed by atoms with Crippen LogP contribution in [0.1, 0.15) is 31.4 Å². The van der Waals surface area contributed by atoms with Crippen LogP contribution in [0.15, 0.2) is 17.3 Å². The molecule has 0 amide bonds. The predicted molar refractivity (Wildman–Crippen MR) is 88.2 cm³/mol. The molecule has 1 heterocycles. The molecule has 2 rings (SSSR count). The minimum Gasteiger partial charge on any atom is -0.389 e. The van der Waals surface area contributed by atoms with Gasteiger partial charge in [-0.2, -0.15) is 0 Å². The Balaban J connectivity index is 0.00000116. The van der Waals surface area contributed by atoms with Crippen molar-refractivity contribution in [2.75, 3.05) is 0 Å². The van der Waals surface area contributed by atoms with Crippen LogP contribution in [0.25, 0.3) is 0 Å². The van der Waals surface area contributed by atoms with Gasteiger partial charge in [-0.25, -0.2) is 8.42 Å². The summed E-state index contributed by atoms with van der Waals surface area (Å²) in [6.45, 7) is 7.38. The first-order chi connectivity index (χ1) is 10.1. The molecule has 0 spiro atoms. The highest BCUT2D eigenvalue weighted by Gasteiger charge is 2.36. The van der Waals surface area contributed by atoms with Crippen molar-refractivity contribution in [1.29, 1.82) is 0 Å². The van der Waals surface area contributed by atoms with E-state index in [1.807, 2.05) is 13.7 Å². The number of benzene rings is 1. The monoisotopic (exact) mass is 365 g/mol. The van der Waals surface area contributed by atoms with Gasteiger partial charge in [0, 0.05) is 16.5 Å². The summed E-state index contributed by atoms with van der Waals surface area (Å²) in [5.41, 5.74) is 0.687. The third-order valence-electron chi connectivity index (χ3n) is 3.00. The van der Waals surface area contributed by atoms with Crippen LogP contribution in [0, 0.1) is 6.92 Å². The molecule has 22 heavy (non-hydrogen) atoms. The van der Waals surface area contributed by atoms with Crippen LogP contribution in [-0.4, -0.2) is 25.9 Å². The summed E-state index contributed by atoms with van der Waals surface area (Å²) in [6, 6.07) is 3.24. The molecule has 0 saturated heterocycles. The number of nitrogens with zero attached hydrogens (tertiary/aromatic N) is 1. The molecule has 122 valence electrons. The minimum atomic E-state index is -3.55. The maximum absolute atomic E-state index is 12.3. The third kappa shape index (κ3) is 4.44. The highest BCUT2D eigenvalue weighted by molar-refractivity contribution is 8.05. The van der Waals surface area contributed by atoms with E-state index in [-0.39, 0.29) is 17.2 Å². The van der Waals surface area contributed by atoms with E-state index in [2.05, 4.69) is 5.16 Å². The van der Waals surface area contributed by atoms with Crippen molar-refractivity contribution in [1.82, 2.24) is 0 Å². The number of rotatable bonds is 2. The van der Waals surface area contributed by atoms with E-state index in [1.165, 1.54) is 0 Å². The fraction of sp³-hybridized carbons (Fsp3) is 0.429. The highest BCUT2D eigenvalue weighted by atomic mass is 35.5. The lowest BCUT2D eigenvalue weighted by Crippen LogP contribution is -2.23. The van der Waals surface area contributed by atoms with E-state index in [1.54, 1.807) is 26.0 Å². The van der Waals surface area contributed by atoms with Gasteiger partial charge in [-0.05, 0) is 44.0 Å². The molecule has 0 fully saturated rings. The zero-order valence-electron chi connectivity index (χ0n) is 12.5. The Kier molecular flexibility index (Phi) is 6.01. The van der Waals surface area contributed by atoms with E-state index in [4.69, 9.17) is 32.8 Å². The number of carbonyl (C=O) groups is 1. The number of halogens is 2. The number of hydrogen-bond acceptors (Lipinski definition) is 5. The van der Waals surface area contributed by atoms with Gasteiger partial charge < -0.3 is 9.63 Å². The van der Waals surface area contributed by atoms with Gasteiger partial charge >= 0.3 is 0 Å². The molecular weight excluding hydrogens is 349 g/mol. The Morgan fingerprint density at radius 1 is 1.27 bits per heavy atom. The Hall–Kier alpha value is -1.11. The SMILES string of the molecule is C=O.Cc1cc(Cl)c(CS(=O)(=O)C2=NOC(C)(C)C2)cc1Cl. The van der Waals surface area contributed by atoms with Crippen LogP contribution in [0.5, 0.6) is 0 Å². The lowest BCUT2D eigenvalue weighted by Gasteiger charge is -2.13. The van der Waals surface area contributed by atoms with Crippen LogP contribution in [0.4, 0.5) is 0 Å². The molecule has 1 aliphatic heterocycles. The lowest BCUT2D eigenvalue weighted by molar-refractivity contribution is -0.0980. The Morgan fingerprint density at radius 2 is 1.86 bits per heavy atom. The second-order valence-corrected chi connectivity index (χ2v) is 8.27. The van der Waals surface area contributed by atoms with E-state index in [0.717, 1.165) is 5.56 Å².